The molecule has 0 radical (unpaired) electrons. The maximum absolute atomic E-state index is 13.2. The number of unbranched alkanes of at least 4 members (excludes halogenated alkanes) is 68. The van der Waals surface area contributed by atoms with Crippen LogP contribution in [0.1, 0.15) is 470 Å². The fourth-order valence-corrected chi connectivity index (χ4v) is 14.5. The normalized spacial score (nSPS) is 17.5. The van der Waals surface area contributed by atoms with Gasteiger partial charge in [-0.05, 0) is 19.3 Å². The Kier molecular flexibility index (Phi) is 72.2. The van der Waals surface area contributed by atoms with Gasteiger partial charge in [-0.25, -0.2) is 0 Å². The third kappa shape index (κ3) is 62.0. The highest BCUT2D eigenvalue weighted by Gasteiger charge is 2.44. The topological polar surface area (TPSA) is 149 Å². The predicted octanol–water partition coefficient (Wildman–Crippen LogP) is 24.9. The second kappa shape index (κ2) is 74.6. The van der Waals surface area contributed by atoms with Gasteiger partial charge in [0.25, 0.3) is 0 Å². The molecule has 0 saturated carbocycles. The Morgan fingerprint density at radius 2 is 0.585 bits per heavy atom. The van der Waals surface area contributed by atoms with E-state index in [9.17, 15) is 30.3 Å². The minimum absolute atomic E-state index is 0.164. The summed E-state index contributed by atoms with van der Waals surface area (Å²) >= 11 is 0. The van der Waals surface area contributed by atoms with Crippen molar-refractivity contribution >= 4 is 5.91 Å². The van der Waals surface area contributed by atoms with E-state index in [1.807, 2.05) is 6.08 Å². The Hall–Kier alpha value is -1.07. The molecular formula is C85H167NO8. The quantitative estimate of drug-likeness (QED) is 0.0261. The first-order valence-corrected chi connectivity index (χ1v) is 42.9. The van der Waals surface area contributed by atoms with Crippen molar-refractivity contribution in [2.24, 2.45) is 0 Å². The molecule has 9 nitrogen and oxygen atoms in total. The van der Waals surface area contributed by atoms with Crippen LogP contribution in [-0.4, -0.2) is 87.5 Å². The Bertz CT molecular complexity index is 1500. The monoisotopic (exact) mass is 1330 g/mol. The van der Waals surface area contributed by atoms with Crippen LogP contribution in [0.3, 0.4) is 0 Å². The molecule has 0 spiro atoms. The smallest absolute Gasteiger partial charge is 0.220 e. The van der Waals surface area contributed by atoms with Gasteiger partial charge in [-0.3, -0.25) is 4.79 Å². The van der Waals surface area contributed by atoms with Gasteiger partial charge in [0, 0.05) is 6.42 Å². The molecule has 6 N–H and O–H groups in total. The Morgan fingerprint density at radius 1 is 0.351 bits per heavy atom. The van der Waals surface area contributed by atoms with Crippen LogP contribution in [0, 0.1) is 0 Å². The summed E-state index contributed by atoms with van der Waals surface area (Å²) in [5, 5.41) is 55.0. The lowest BCUT2D eigenvalue weighted by molar-refractivity contribution is -0.302. The zero-order chi connectivity index (χ0) is 67.8. The number of hydrogen-bond acceptors (Lipinski definition) is 8. The number of ether oxygens (including phenoxy) is 2. The second-order valence-electron chi connectivity index (χ2n) is 30.4. The largest absolute Gasteiger partial charge is 0.394 e. The van der Waals surface area contributed by atoms with Crippen molar-refractivity contribution in [3.63, 3.8) is 0 Å². The minimum atomic E-state index is -1.57. The average Bonchev–Trinajstić information content (AvgIpc) is 0.828. The van der Waals surface area contributed by atoms with E-state index in [1.54, 1.807) is 6.08 Å². The summed E-state index contributed by atoms with van der Waals surface area (Å²) in [6.07, 6.45) is 92.6. The zero-order valence-electron chi connectivity index (χ0n) is 63.3. The molecule has 0 aromatic carbocycles. The molecule has 1 saturated heterocycles. The lowest BCUT2D eigenvalue weighted by atomic mass is 9.99. The molecule has 1 rings (SSSR count). The fourth-order valence-electron chi connectivity index (χ4n) is 14.5. The van der Waals surface area contributed by atoms with Gasteiger partial charge in [-0.1, -0.05) is 456 Å². The molecule has 0 aromatic rings. The number of allylic oxidation sites excluding steroid dienone is 1. The van der Waals surface area contributed by atoms with Crippen molar-refractivity contribution in [2.45, 2.75) is 513 Å². The van der Waals surface area contributed by atoms with Crippen molar-refractivity contribution in [1.29, 1.82) is 0 Å². The van der Waals surface area contributed by atoms with Gasteiger partial charge >= 0.3 is 0 Å². The highest BCUT2D eigenvalue weighted by molar-refractivity contribution is 5.76. The molecule has 0 aromatic heterocycles. The van der Waals surface area contributed by atoms with Gasteiger partial charge in [-0.15, -0.1) is 0 Å². The van der Waals surface area contributed by atoms with Crippen LogP contribution < -0.4 is 5.32 Å². The van der Waals surface area contributed by atoms with Gasteiger partial charge in [0.2, 0.25) is 5.91 Å². The summed E-state index contributed by atoms with van der Waals surface area (Å²) in [5.74, 6) is -0.164. The first kappa shape index (κ1) is 90.9. The number of aliphatic hydroxyl groups is 5. The molecule has 1 aliphatic rings. The molecule has 1 heterocycles. The van der Waals surface area contributed by atoms with Crippen LogP contribution in [0.4, 0.5) is 0 Å². The summed E-state index contributed by atoms with van der Waals surface area (Å²) in [5.41, 5.74) is 0. The molecule has 1 fully saturated rings. The van der Waals surface area contributed by atoms with Crippen LogP contribution in [0.15, 0.2) is 12.2 Å². The number of hydrogen-bond donors (Lipinski definition) is 6. The first-order valence-electron chi connectivity index (χ1n) is 42.9. The van der Waals surface area contributed by atoms with Crippen LogP contribution in [0.5, 0.6) is 0 Å². The first-order chi connectivity index (χ1) is 46.3. The summed E-state index contributed by atoms with van der Waals surface area (Å²) in [4.78, 5) is 13.2. The van der Waals surface area contributed by atoms with Gasteiger partial charge in [-0.2, -0.15) is 0 Å². The van der Waals surface area contributed by atoms with Crippen LogP contribution in [0.25, 0.3) is 0 Å². The van der Waals surface area contributed by atoms with Crippen LogP contribution in [-0.2, 0) is 14.3 Å². The van der Waals surface area contributed by atoms with E-state index in [2.05, 4.69) is 19.2 Å². The van der Waals surface area contributed by atoms with Crippen molar-refractivity contribution in [2.75, 3.05) is 13.2 Å². The Labute approximate surface area is 586 Å². The lowest BCUT2D eigenvalue weighted by Crippen LogP contribution is -2.60. The standard InChI is InChI=1S/C85H167NO8/c1-3-5-7-9-11-13-15-17-19-21-23-25-27-29-31-33-35-37-38-39-40-41-42-43-45-47-49-51-53-55-57-59-61-63-65-67-69-71-73-75-81(89)86-78(77-93-85-84(92)83(91)82(90)80(76-87)94-85)79(88)74-72-70-68-66-64-62-60-58-56-54-52-50-48-46-44-36-34-32-30-28-26-24-22-20-18-16-14-12-10-8-6-4-2/h72,74,78-80,82-85,87-88,90-92H,3-71,73,75-77H2,1-2H3,(H,86,89)/b74-72+. The van der Waals surface area contributed by atoms with E-state index in [0.29, 0.717) is 6.42 Å². The van der Waals surface area contributed by atoms with Gasteiger partial charge in [0.1, 0.15) is 24.4 Å². The molecule has 1 amide bonds. The number of carbonyl (C=O) groups is 1. The molecule has 94 heavy (non-hydrogen) atoms. The molecule has 0 aliphatic carbocycles. The predicted molar refractivity (Wildman–Crippen MR) is 406 cm³/mol. The van der Waals surface area contributed by atoms with E-state index < -0.39 is 49.5 Å². The van der Waals surface area contributed by atoms with E-state index >= 15 is 0 Å². The highest BCUT2D eigenvalue weighted by Crippen LogP contribution is 2.25. The third-order valence-electron chi connectivity index (χ3n) is 21.1. The maximum Gasteiger partial charge on any atom is 0.220 e. The SMILES string of the molecule is CCCCCCCCCCCCCCCCCCCCCCCCCCCCCCCC/C=C/C(O)C(COC1OC(CO)C(O)C(O)C1O)NC(=O)CCCCCCCCCCCCCCCCCCCCCCCCCCCCCCCCCCCCCCCCC. The van der Waals surface area contributed by atoms with E-state index in [4.69, 9.17) is 9.47 Å². The number of aliphatic hydroxyl groups excluding tert-OH is 5. The van der Waals surface area contributed by atoms with E-state index in [0.717, 1.165) is 38.5 Å². The maximum atomic E-state index is 13.2. The molecule has 7 unspecified atom stereocenters. The number of nitrogens with one attached hydrogen (secondary N) is 1. The van der Waals surface area contributed by atoms with Crippen molar-refractivity contribution in [3.8, 4) is 0 Å². The summed E-state index contributed by atoms with van der Waals surface area (Å²) in [7, 11) is 0. The summed E-state index contributed by atoms with van der Waals surface area (Å²) < 4.78 is 11.4. The highest BCUT2D eigenvalue weighted by atomic mass is 16.7. The fraction of sp³-hybridized carbons (Fsp3) is 0.965. The Balaban J connectivity index is 2.02. The summed E-state index contributed by atoms with van der Waals surface area (Å²) in [6.45, 7) is 3.86. The van der Waals surface area contributed by atoms with E-state index in [1.165, 1.54) is 411 Å². The average molecular weight is 1330 g/mol. The zero-order valence-corrected chi connectivity index (χ0v) is 63.3. The molecule has 7 atom stereocenters. The van der Waals surface area contributed by atoms with Gasteiger partial charge in [0.05, 0.1) is 25.4 Å². The molecule has 1 aliphatic heterocycles. The van der Waals surface area contributed by atoms with Crippen molar-refractivity contribution < 1.29 is 39.8 Å². The Morgan fingerprint density at radius 3 is 0.830 bits per heavy atom. The molecule has 560 valence electrons. The van der Waals surface area contributed by atoms with Gasteiger partial charge < -0.3 is 40.3 Å². The molecular weight excluding hydrogens is 1160 g/mol. The number of rotatable bonds is 78. The number of amides is 1. The summed E-state index contributed by atoms with van der Waals surface area (Å²) in [6, 6.07) is -0.803. The van der Waals surface area contributed by atoms with Crippen molar-refractivity contribution in [1.82, 2.24) is 5.32 Å². The molecule has 9 heteroatoms. The second-order valence-corrected chi connectivity index (χ2v) is 30.4. The van der Waals surface area contributed by atoms with E-state index in [-0.39, 0.29) is 12.5 Å². The minimum Gasteiger partial charge on any atom is -0.394 e. The van der Waals surface area contributed by atoms with Gasteiger partial charge in [0.15, 0.2) is 6.29 Å². The molecule has 0 bridgehead atoms. The number of carbonyl (C=O) groups excluding carboxylic acids is 1. The van der Waals surface area contributed by atoms with Crippen LogP contribution in [0.2, 0.25) is 0 Å². The van der Waals surface area contributed by atoms with Crippen LogP contribution >= 0.6 is 0 Å². The lowest BCUT2D eigenvalue weighted by Gasteiger charge is -2.40. The third-order valence-corrected chi connectivity index (χ3v) is 21.1. The van der Waals surface area contributed by atoms with Crippen molar-refractivity contribution in [3.05, 3.63) is 12.2 Å².